The lowest BCUT2D eigenvalue weighted by Gasteiger charge is -2.08. The maximum atomic E-state index is 11.3. The average molecular weight is 261 g/mol. The van der Waals surface area contributed by atoms with Gasteiger partial charge in [0.1, 0.15) is 5.82 Å². The molecule has 0 aliphatic heterocycles. The molecule has 0 fully saturated rings. The lowest BCUT2D eigenvalue weighted by molar-refractivity contribution is 0.199. The molecule has 0 saturated carbocycles. The van der Waals surface area contributed by atoms with E-state index in [2.05, 4.69) is 4.98 Å². The number of aliphatic hydroxyl groups excluding tert-OH is 1. The van der Waals surface area contributed by atoms with E-state index >= 15 is 0 Å². The van der Waals surface area contributed by atoms with Gasteiger partial charge in [-0.25, -0.2) is 4.79 Å². The minimum Gasteiger partial charge on any atom is -0.387 e. The molecule has 0 aromatic carbocycles. The summed E-state index contributed by atoms with van der Waals surface area (Å²) in [6.07, 6.45) is 1.05. The Kier molecular flexibility index (Phi) is 4.19. The molecule has 8 nitrogen and oxygen atoms in total. The molecule has 1 heterocycles. The summed E-state index contributed by atoms with van der Waals surface area (Å²) in [5.41, 5.74) is 4.63. The molecule has 0 aliphatic carbocycles. The van der Waals surface area contributed by atoms with Crippen molar-refractivity contribution in [2.45, 2.75) is 12.6 Å². The summed E-state index contributed by atoms with van der Waals surface area (Å²) >= 11 is 0. The fourth-order valence-electron chi connectivity index (χ4n) is 1.05. The smallest absolute Gasteiger partial charge is 0.349 e. The zero-order valence-corrected chi connectivity index (χ0v) is 9.57. The number of hydrogen-bond donors (Lipinski definition) is 4. The second-order valence-corrected chi connectivity index (χ2v) is 4.76. The van der Waals surface area contributed by atoms with Crippen LogP contribution in [0.25, 0.3) is 0 Å². The monoisotopic (exact) mass is 261 g/mol. The number of nitrogens with two attached hydrogens (primary N) is 1. The van der Waals surface area contributed by atoms with Gasteiger partial charge < -0.3 is 20.6 Å². The van der Waals surface area contributed by atoms with Crippen LogP contribution in [0.3, 0.4) is 0 Å². The summed E-state index contributed by atoms with van der Waals surface area (Å²) in [5, 5.41) is 9.41. The Morgan fingerprint density at radius 1 is 1.59 bits per heavy atom. The zero-order chi connectivity index (χ0) is 13.1. The quantitative estimate of drug-likeness (QED) is 0.503. The molecule has 9 heteroatoms. The van der Waals surface area contributed by atoms with Crippen molar-refractivity contribution in [2.75, 3.05) is 5.73 Å². The van der Waals surface area contributed by atoms with Gasteiger partial charge in [-0.1, -0.05) is 0 Å². The molecular formula is C8H12N3O5P. The molecule has 1 atom stereocenters. The molecule has 0 aliphatic rings. The first-order chi connectivity index (χ1) is 7.78. The summed E-state index contributed by atoms with van der Waals surface area (Å²) in [5.74, 6) is 0.638. The van der Waals surface area contributed by atoms with Gasteiger partial charge in [-0.15, -0.1) is 0 Å². The van der Waals surface area contributed by atoms with Crippen molar-refractivity contribution in [1.82, 2.24) is 9.55 Å². The number of aliphatic hydroxyl groups is 1. The molecule has 0 spiro atoms. The highest BCUT2D eigenvalue weighted by Gasteiger charge is 2.09. The Morgan fingerprint density at radius 3 is 2.76 bits per heavy atom. The molecule has 1 aromatic rings. The summed E-state index contributed by atoms with van der Waals surface area (Å²) in [7, 11) is -4.31. The van der Waals surface area contributed by atoms with Crippen LogP contribution in [0.15, 0.2) is 29.0 Å². The second-order valence-electron chi connectivity index (χ2n) is 3.29. The van der Waals surface area contributed by atoms with E-state index in [1.807, 2.05) is 0 Å². The second kappa shape index (κ2) is 5.24. The van der Waals surface area contributed by atoms with Gasteiger partial charge in [0, 0.05) is 12.0 Å². The number of aromatic nitrogens is 2. The fourth-order valence-corrected chi connectivity index (χ4v) is 1.48. The van der Waals surface area contributed by atoms with E-state index in [0.29, 0.717) is 5.82 Å². The van der Waals surface area contributed by atoms with Gasteiger partial charge in [0.05, 0.1) is 12.6 Å². The standard InChI is InChI=1S/C8H12N3O5P/c9-7-1-3-11(8(13)10-7)5-6(12)2-4-17(14,15)16/h1-4,6,12H,5H2,(H2,9,10,13)(H2,14,15,16). The highest BCUT2D eigenvalue weighted by molar-refractivity contribution is 7.55. The van der Waals surface area contributed by atoms with Crippen LogP contribution >= 0.6 is 7.60 Å². The van der Waals surface area contributed by atoms with Crippen molar-refractivity contribution >= 4 is 13.4 Å². The molecule has 1 aromatic heterocycles. The minimum atomic E-state index is -4.31. The van der Waals surface area contributed by atoms with E-state index in [4.69, 9.17) is 15.5 Å². The van der Waals surface area contributed by atoms with Crippen LogP contribution in [-0.4, -0.2) is 30.5 Å². The van der Waals surface area contributed by atoms with Crippen LogP contribution < -0.4 is 11.4 Å². The van der Waals surface area contributed by atoms with Gasteiger partial charge in [0.25, 0.3) is 0 Å². The molecular weight excluding hydrogens is 249 g/mol. The lowest BCUT2D eigenvalue weighted by Crippen LogP contribution is -2.27. The number of nitrogens with zero attached hydrogens (tertiary/aromatic N) is 2. The highest BCUT2D eigenvalue weighted by atomic mass is 31.2. The topological polar surface area (TPSA) is 139 Å². The normalized spacial score (nSPS) is 14.1. The van der Waals surface area contributed by atoms with Crippen LogP contribution in [0.2, 0.25) is 0 Å². The van der Waals surface area contributed by atoms with Crippen molar-refractivity contribution in [3.05, 3.63) is 34.6 Å². The van der Waals surface area contributed by atoms with Crippen LogP contribution in [0, 0.1) is 0 Å². The molecule has 5 N–H and O–H groups in total. The van der Waals surface area contributed by atoms with Crippen molar-refractivity contribution in [3.8, 4) is 0 Å². The van der Waals surface area contributed by atoms with Crippen molar-refractivity contribution in [2.24, 2.45) is 0 Å². The molecule has 0 saturated heterocycles. The molecule has 0 bridgehead atoms. The highest BCUT2D eigenvalue weighted by Crippen LogP contribution is 2.35. The summed E-state index contributed by atoms with van der Waals surface area (Å²) in [6.45, 7) is -0.164. The van der Waals surface area contributed by atoms with E-state index in [0.717, 1.165) is 10.6 Å². The third-order valence-electron chi connectivity index (χ3n) is 1.78. The Morgan fingerprint density at radius 2 is 2.24 bits per heavy atom. The maximum Gasteiger partial charge on any atom is 0.349 e. The Balaban J connectivity index is 2.75. The Bertz CT molecular complexity index is 520. The largest absolute Gasteiger partial charge is 0.387 e. The average Bonchev–Trinajstić information content (AvgIpc) is 2.18. The third-order valence-corrected chi connectivity index (χ3v) is 2.34. The molecule has 17 heavy (non-hydrogen) atoms. The predicted molar refractivity (Wildman–Crippen MR) is 60.1 cm³/mol. The van der Waals surface area contributed by atoms with E-state index in [1.54, 1.807) is 0 Å². The molecule has 0 amide bonds. The van der Waals surface area contributed by atoms with Gasteiger partial charge >= 0.3 is 13.3 Å². The minimum absolute atomic E-state index is 0.0616. The molecule has 94 valence electrons. The molecule has 1 rings (SSSR count). The first-order valence-electron chi connectivity index (χ1n) is 4.53. The summed E-state index contributed by atoms with van der Waals surface area (Å²) < 4.78 is 11.6. The van der Waals surface area contributed by atoms with Crippen LogP contribution in [0.4, 0.5) is 5.82 Å². The van der Waals surface area contributed by atoms with Gasteiger partial charge in [0.15, 0.2) is 0 Å². The first-order valence-corrected chi connectivity index (χ1v) is 6.22. The van der Waals surface area contributed by atoms with Crippen LogP contribution in [-0.2, 0) is 11.1 Å². The maximum absolute atomic E-state index is 11.3. The lowest BCUT2D eigenvalue weighted by atomic mass is 10.3. The number of rotatable bonds is 4. The summed E-state index contributed by atoms with van der Waals surface area (Å²) in [6, 6.07) is 1.38. The first kappa shape index (κ1) is 13.6. The zero-order valence-electron chi connectivity index (χ0n) is 8.67. The van der Waals surface area contributed by atoms with Crippen molar-refractivity contribution in [3.63, 3.8) is 0 Å². The SMILES string of the molecule is Nc1ccn(CC(O)C=CP(=O)(O)O)c(=O)n1. The van der Waals surface area contributed by atoms with Crippen molar-refractivity contribution < 1.29 is 19.5 Å². The summed E-state index contributed by atoms with van der Waals surface area (Å²) in [4.78, 5) is 31.8. The van der Waals surface area contributed by atoms with E-state index in [-0.39, 0.29) is 12.4 Å². The van der Waals surface area contributed by atoms with Crippen LogP contribution in [0.5, 0.6) is 0 Å². The van der Waals surface area contributed by atoms with E-state index in [1.165, 1.54) is 12.3 Å². The molecule has 0 radical (unpaired) electrons. The van der Waals surface area contributed by atoms with Crippen molar-refractivity contribution in [1.29, 1.82) is 0 Å². The van der Waals surface area contributed by atoms with Gasteiger partial charge in [0.2, 0.25) is 0 Å². The number of anilines is 1. The van der Waals surface area contributed by atoms with Gasteiger partial charge in [-0.2, -0.15) is 4.98 Å². The van der Waals surface area contributed by atoms with E-state index in [9.17, 15) is 14.5 Å². The predicted octanol–water partition coefficient (Wildman–Crippen LogP) is -1.12. The third kappa shape index (κ3) is 4.92. The molecule has 1 unspecified atom stereocenters. The van der Waals surface area contributed by atoms with Crippen LogP contribution in [0.1, 0.15) is 0 Å². The Hall–Kier alpha value is -1.47. The number of hydrogen-bond acceptors (Lipinski definition) is 5. The Labute approximate surface area is 96.2 Å². The van der Waals surface area contributed by atoms with E-state index < -0.39 is 19.4 Å². The fraction of sp³-hybridized carbons (Fsp3) is 0.250. The van der Waals surface area contributed by atoms with Gasteiger partial charge in [-0.3, -0.25) is 9.13 Å². The number of nitrogen functional groups attached to an aromatic ring is 1. The van der Waals surface area contributed by atoms with Gasteiger partial charge in [-0.05, 0) is 12.1 Å².